The van der Waals surface area contributed by atoms with Crippen LogP contribution in [0.2, 0.25) is 0 Å². The maximum absolute atomic E-state index is 15.3. The lowest BCUT2D eigenvalue weighted by molar-refractivity contribution is -0.158. The molecule has 0 aliphatic heterocycles. The van der Waals surface area contributed by atoms with Crippen LogP contribution in [0.15, 0.2) is 121 Å². The highest BCUT2D eigenvalue weighted by Gasteiger charge is 2.45. The average molecular weight is 908 g/mol. The summed E-state index contributed by atoms with van der Waals surface area (Å²) in [6.07, 6.45) is -3.50. The van der Waals surface area contributed by atoms with Gasteiger partial charge in [0.2, 0.25) is 17.7 Å². The molecule has 0 aliphatic rings. The van der Waals surface area contributed by atoms with Gasteiger partial charge in [-0.05, 0) is 53.9 Å². The van der Waals surface area contributed by atoms with Gasteiger partial charge in [-0.25, -0.2) is 16.8 Å². The van der Waals surface area contributed by atoms with Crippen LogP contribution < -0.4 is 11.1 Å². The van der Waals surface area contributed by atoms with Crippen molar-refractivity contribution >= 4 is 37.4 Å². The lowest BCUT2D eigenvalue weighted by atomic mass is 9.90. The Bertz CT molecular complexity index is 2160. The lowest BCUT2D eigenvalue weighted by Gasteiger charge is -2.38. The van der Waals surface area contributed by atoms with Gasteiger partial charge in [-0.3, -0.25) is 19.3 Å². The molecule has 0 saturated carbocycles. The van der Waals surface area contributed by atoms with E-state index in [1.165, 1.54) is 0 Å². The van der Waals surface area contributed by atoms with Crippen molar-refractivity contribution < 1.29 is 51.6 Å². The molecule has 4 aromatic carbocycles. The second-order valence-corrected chi connectivity index (χ2v) is 20.8. The number of hydrogen-bond acceptors (Lipinski definition) is 12. The van der Waals surface area contributed by atoms with Crippen molar-refractivity contribution in [3.63, 3.8) is 0 Å². The van der Waals surface area contributed by atoms with Crippen molar-refractivity contribution in [1.82, 2.24) is 10.2 Å². The molecule has 63 heavy (non-hydrogen) atoms. The summed E-state index contributed by atoms with van der Waals surface area (Å²) in [7, 11) is -8.27. The number of hydrogen-bond donors (Lipinski definition) is 6. The van der Waals surface area contributed by atoms with Crippen molar-refractivity contribution in [1.29, 1.82) is 0 Å². The molecule has 0 fully saturated rings. The summed E-state index contributed by atoms with van der Waals surface area (Å²) in [5, 5.41) is 45.3. The summed E-state index contributed by atoms with van der Waals surface area (Å²) in [4.78, 5) is 46.2. The number of carbonyl (C=O) groups excluding carboxylic acids is 3. The predicted octanol–water partition coefficient (Wildman–Crippen LogP) is 1.92. The van der Waals surface area contributed by atoms with E-state index in [0.717, 1.165) is 5.56 Å². The van der Waals surface area contributed by atoms with E-state index in [9.17, 15) is 42.1 Å². The summed E-state index contributed by atoms with van der Waals surface area (Å²) in [6, 6.07) is 30.8. The van der Waals surface area contributed by atoms with E-state index in [1.807, 2.05) is 30.3 Å². The zero-order chi connectivity index (χ0) is 46.2. The first-order chi connectivity index (χ1) is 29.9. The number of benzene rings is 4. The van der Waals surface area contributed by atoms with E-state index in [-0.39, 0.29) is 25.7 Å². The molecule has 16 heteroatoms. The van der Waals surface area contributed by atoms with Gasteiger partial charge in [0, 0.05) is 6.04 Å². The van der Waals surface area contributed by atoms with Gasteiger partial charge in [-0.1, -0.05) is 135 Å². The molecular weight excluding hydrogens is 847 g/mol. The van der Waals surface area contributed by atoms with Gasteiger partial charge >= 0.3 is 0 Å². The third kappa shape index (κ3) is 15.7. The van der Waals surface area contributed by atoms with E-state index in [2.05, 4.69) is 5.32 Å². The first kappa shape index (κ1) is 50.8. The molecule has 0 heterocycles. The van der Waals surface area contributed by atoms with Crippen LogP contribution in [-0.4, -0.2) is 126 Å². The number of rotatable bonds is 25. The second kappa shape index (κ2) is 24.3. The van der Waals surface area contributed by atoms with E-state index in [4.69, 9.17) is 5.73 Å². The van der Waals surface area contributed by atoms with Gasteiger partial charge in [-0.15, -0.1) is 0 Å². The lowest BCUT2D eigenvalue weighted by Crippen LogP contribution is -2.62. The number of nitrogens with two attached hydrogens (primary N) is 1. The molecule has 14 nitrogen and oxygen atoms in total. The van der Waals surface area contributed by atoms with Crippen LogP contribution in [0.25, 0.3) is 0 Å². The number of nitrogens with one attached hydrogen (secondary N) is 1. The summed E-state index contributed by atoms with van der Waals surface area (Å²) in [6.45, 7) is 1.66. The number of sulfone groups is 2. The molecule has 2 unspecified atom stereocenters. The summed E-state index contributed by atoms with van der Waals surface area (Å²) in [5.41, 5.74) is 8.96. The smallest absolute Gasteiger partial charge is 0.243 e. The van der Waals surface area contributed by atoms with Crippen LogP contribution >= 0.6 is 0 Å². The first-order valence-corrected chi connectivity index (χ1v) is 24.7. The molecular formula is C47H61N3O11S2. The predicted molar refractivity (Wildman–Crippen MR) is 241 cm³/mol. The largest absolute Gasteiger partial charge is 0.395 e. The van der Waals surface area contributed by atoms with Crippen molar-refractivity contribution in [2.75, 3.05) is 36.2 Å². The maximum Gasteiger partial charge on any atom is 0.243 e. The van der Waals surface area contributed by atoms with Crippen LogP contribution in [0.1, 0.15) is 36.1 Å². The zero-order valence-electron chi connectivity index (χ0n) is 35.7. The minimum atomic E-state index is -4.14. The quantitative estimate of drug-likeness (QED) is 0.0559. The fourth-order valence-electron chi connectivity index (χ4n) is 7.68. The van der Waals surface area contributed by atoms with E-state index in [0.29, 0.717) is 21.6 Å². The monoisotopic (exact) mass is 907 g/mol. The zero-order valence-corrected chi connectivity index (χ0v) is 37.4. The fraction of sp³-hybridized carbons (Fsp3) is 0.426. The van der Waals surface area contributed by atoms with Crippen LogP contribution in [0.4, 0.5) is 0 Å². The molecule has 3 amide bonds. The topological polar surface area (TPSA) is 242 Å². The van der Waals surface area contributed by atoms with Gasteiger partial charge in [0.1, 0.15) is 12.1 Å². The van der Waals surface area contributed by atoms with Crippen LogP contribution in [0.3, 0.4) is 0 Å². The van der Waals surface area contributed by atoms with Gasteiger partial charge in [-0.2, -0.15) is 0 Å². The molecule has 0 aliphatic carbocycles. The van der Waals surface area contributed by atoms with Crippen LogP contribution in [0.5, 0.6) is 0 Å². The molecule has 0 spiro atoms. The Balaban J connectivity index is 1.86. The highest BCUT2D eigenvalue weighted by atomic mass is 32.2. The van der Waals surface area contributed by atoms with E-state index >= 15 is 9.59 Å². The third-order valence-electron chi connectivity index (χ3n) is 10.9. The Labute approximate surface area is 371 Å². The average Bonchev–Trinajstić information content (AvgIpc) is 3.24. The molecule has 4 rings (SSSR count). The standard InChI is InChI=1S/C47H61N3O11S2/c1-33(2)42(45(55)49-41(30-37-21-13-6-14-22-37)44(54)43(53)40(48)29-36-19-11-5-12-20-36)50(46(56)38(31-62(58,59)25-23-51)27-34-15-7-3-8-16-34)47(57)39(32-63(60,61)26-24-52)28-35-17-9-4-10-18-35/h3-22,33,38-44,51-54H,23-32,48H2,1-2H3,(H,49,55)/t38?,39?,40-,41-,42-,43-,44-/m0/s1. The Morgan fingerprint density at radius 3 is 1.27 bits per heavy atom. The molecule has 7 N–H and O–H groups in total. The number of amides is 3. The van der Waals surface area contributed by atoms with Gasteiger partial charge < -0.3 is 31.5 Å². The Hall–Kier alpha value is -4.81. The first-order valence-electron chi connectivity index (χ1n) is 21.0. The molecule has 342 valence electrons. The second-order valence-electron chi connectivity index (χ2n) is 16.3. The number of carbonyl (C=O) groups is 3. The Morgan fingerprint density at radius 1 is 0.571 bits per heavy atom. The summed E-state index contributed by atoms with van der Waals surface area (Å²) < 4.78 is 53.5. The Kier molecular flexibility index (Phi) is 19.6. The molecule has 0 aromatic heterocycles. The Morgan fingerprint density at radius 2 is 0.921 bits per heavy atom. The SMILES string of the molecule is CC(C)[C@@H](C(=O)N[C@@H](Cc1ccccc1)[C@H](O)[C@@H](O)[C@@H](N)Cc1ccccc1)N(C(=O)C(Cc1ccccc1)CS(=O)(=O)CCO)C(=O)C(Cc1ccccc1)CS(=O)(=O)CCO. The van der Waals surface area contributed by atoms with Crippen LogP contribution in [0, 0.1) is 17.8 Å². The molecule has 4 aromatic rings. The number of aliphatic hydroxyl groups excluding tert-OH is 4. The van der Waals surface area contributed by atoms with Crippen molar-refractivity contribution in [2.45, 2.75) is 69.9 Å². The van der Waals surface area contributed by atoms with Crippen LogP contribution in [-0.2, 0) is 59.7 Å². The van der Waals surface area contributed by atoms with Gasteiger partial charge in [0.15, 0.2) is 19.7 Å². The fourth-order valence-corrected chi connectivity index (χ4v) is 10.3. The highest BCUT2D eigenvalue weighted by Crippen LogP contribution is 2.26. The van der Waals surface area contributed by atoms with Crippen molar-refractivity contribution in [3.05, 3.63) is 144 Å². The van der Waals surface area contributed by atoms with Gasteiger partial charge in [0.25, 0.3) is 0 Å². The number of aliphatic hydroxyl groups is 4. The maximum atomic E-state index is 15.3. The summed E-state index contributed by atoms with van der Waals surface area (Å²) >= 11 is 0. The van der Waals surface area contributed by atoms with E-state index < -0.39 is 122 Å². The summed E-state index contributed by atoms with van der Waals surface area (Å²) in [5.74, 6) is -9.93. The molecule has 0 radical (unpaired) electrons. The molecule has 0 bridgehead atoms. The third-order valence-corrected chi connectivity index (χ3v) is 14.3. The van der Waals surface area contributed by atoms with Crippen molar-refractivity contribution in [3.8, 4) is 0 Å². The molecule has 7 atom stereocenters. The molecule has 0 saturated heterocycles. The van der Waals surface area contributed by atoms with Gasteiger partial charge in [0.05, 0.1) is 60.2 Å². The normalized spacial score (nSPS) is 15.4. The highest BCUT2D eigenvalue weighted by molar-refractivity contribution is 7.91. The number of nitrogens with zero attached hydrogens (tertiary/aromatic N) is 1. The van der Waals surface area contributed by atoms with E-state index in [1.54, 1.807) is 105 Å². The minimum absolute atomic E-state index is 0.0261. The van der Waals surface area contributed by atoms with Crippen molar-refractivity contribution in [2.24, 2.45) is 23.5 Å². The number of imide groups is 1. The minimum Gasteiger partial charge on any atom is -0.395 e.